The largest absolute Gasteiger partial charge is 0.316 e. The predicted octanol–water partition coefficient (Wildman–Crippen LogP) is 1.98. The molecule has 3 nitrogen and oxygen atoms in total. The average molecular weight is 216 g/mol. The Balaban J connectivity index is 2.02. The predicted molar refractivity (Wildman–Crippen MR) is 63.1 cm³/mol. The monoisotopic (exact) mass is 216 g/mol. The molecule has 1 atom stereocenters. The number of anilines is 1. The third-order valence-electron chi connectivity index (χ3n) is 3.72. The van der Waals surface area contributed by atoms with E-state index in [0.29, 0.717) is 6.04 Å². The number of amides is 1. The van der Waals surface area contributed by atoms with Crippen molar-refractivity contribution < 1.29 is 4.79 Å². The van der Waals surface area contributed by atoms with Crippen molar-refractivity contribution >= 4 is 11.6 Å². The van der Waals surface area contributed by atoms with Gasteiger partial charge in [-0.25, -0.2) is 0 Å². The zero-order valence-corrected chi connectivity index (χ0v) is 9.23. The van der Waals surface area contributed by atoms with Gasteiger partial charge < -0.3 is 10.6 Å². The zero-order chi connectivity index (χ0) is 11.1. The second kappa shape index (κ2) is 3.59. The van der Waals surface area contributed by atoms with Crippen LogP contribution in [0.5, 0.6) is 0 Å². The highest BCUT2D eigenvalue weighted by molar-refractivity contribution is 6.04. The minimum absolute atomic E-state index is 0.0769. The lowest BCUT2D eigenvalue weighted by atomic mass is 10.1. The Morgan fingerprint density at radius 3 is 2.62 bits per heavy atom. The summed E-state index contributed by atoms with van der Waals surface area (Å²) in [5, 5.41) is 0. The zero-order valence-electron chi connectivity index (χ0n) is 9.23. The van der Waals surface area contributed by atoms with Gasteiger partial charge in [0.25, 0.3) is 0 Å². The highest BCUT2D eigenvalue weighted by Gasteiger charge is 2.39. The number of carbonyl (C=O) groups is 1. The second-order valence-corrected chi connectivity index (χ2v) is 4.68. The molecule has 1 aromatic rings. The van der Waals surface area contributed by atoms with Crippen molar-refractivity contribution in [2.45, 2.75) is 37.8 Å². The van der Waals surface area contributed by atoms with Crippen LogP contribution in [-0.4, -0.2) is 11.9 Å². The van der Waals surface area contributed by atoms with E-state index in [0.717, 1.165) is 24.1 Å². The molecule has 0 spiro atoms. The molecule has 16 heavy (non-hydrogen) atoms. The molecule has 3 rings (SSSR count). The lowest BCUT2D eigenvalue weighted by molar-refractivity contribution is -0.119. The Hall–Kier alpha value is -1.35. The summed E-state index contributed by atoms with van der Waals surface area (Å²) in [7, 11) is 0. The van der Waals surface area contributed by atoms with Gasteiger partial charge >= 0.3 is 0 Å². The number of para-hydroxylation sites is 1. The average Bonchev–Trinajstić information content (AvgIpc) is 2.89. The van der Waals surface area contributed by atoms with E-state index >= 15 is 0 Å². The highest BCUT2D eigenvalue weighted by atomic mass is 16.2. The normalized spacial score (nSPS) is 25.2. The van der Waals surface area contributed by atoms with Gasteiger partial charge in [-0.05, 0) is 18.9 Å². The van der Waals surface area contributed by atoms with Crippen LogP contribution in [0.25, 0.3) is 0 Å². The van der Waals surface area contributed by atoms with Gasteiger partial charge in [-0.3, -0.25) is 4.79 Å². The summed E-state index contributed by atoms with van der Waals surface area (Å²) < 4.78 is 0. The van der Waals surface area contributed by atoms with Crippen molar-refractivity contribution in [3.8, 4) is 0 Å². The van der Waals surface area contributed by atoms with Gasteiger partial charge in [0.1, 0.15) is 6.04 Å². The number of nitrogens with zero attached hydrogens (tertiary/aromatic N) is 1. The fourth-order valence-electron chi connectivity index (χ4n) is 2.91. The number of hydrogen-bond donors (Lipinski definition) is 1. The second-order valence-electron chi connectivity index (χ2n) is 4.68. The van der Waals surface area contributed by atoms with Crippen LogP contribution in [-0.2, 0) is 4.79 Å². The fraction of sp³-hybridized carbons (Fsp3) is 0.462. The standard InChI is InChI=1S/C13H16N2O/c14-12-10-7-3-4-8-11(10)15(13(12)16)9-5-1-2-6-9/h3-4,7-9,12H,1-2,5-6,14H2/t12-/m1/s1. The Morgan fingerprint density at radius 1 is 1.19 bits per heavy atom. The molecule has 1 aliphatic heterocycles. The number of carbonyl (C=O) groups excluding carboxylic acids is 1. The molecule has 1 amide bonds. The Morgan fingerprint density at radius 2 is 1.88 bits per heavy atom. The summed E-state index contributed by atoms with van der Waals surface area (Å²) in [5.41, 5.74) is 7.98. The van der Waals surface area contributed by atoms with E-state index in [1.807, 2.05) is 29.2 Å². The molecule has 1 aromatic carbocycles. The molecular weight excluding hydrogens is 200 g/mol. The van der Waals surface area contributed by atoms with Gasteiger partial charge in [0.2, 0.25) is 5.91 Å². The molecule has 1 saturated carbocycles. The third kappa shape index (κ3) is 1.28. The van der Waals surface area contributed by atoms with Crippen LogP contribution in [0, 0.1) is 0 Å². The Labute approximate surface area is 95.2 Å². The van der Waals surface area contributed by atoms with Gasteiger partial charge in [0, 0.05) is 17.3 Å². The van der Waals surface area contributed by atoms with E-state index < -0.39 is 6.04 Å². The van der Waals surface area contributed by atoms with E-state index in [1.54, 1.807) is 0 Å². The summed E-state index contributed by atoms with van der Waals surface area (Å²) in [5.74, 6) is 0.0769. The molecule has 2 aliphatic rings. The number of rotatable bonds is 1. The number of benzene rings is 1. The van der Waals surface area contributed by atoms with Crippen LogP contribution in [0.3, 0.4) is 0 Å². The van der Waals surface area contributed by atoms with Crippen LogP contribution >= 0.6 is 0 Å². The molecule has 0 unspecified atom stereocenters. The molecule has 0 bridgehead atoms. The van der Waals surface area contributed by atoms with Crippen molar-refractivity contribution in [1.29, 1.82) is 0 Å². The maximum absolute atomic E-state index is 12.2. The van der Waals surface area contributed by atoms with Crippen molar-refractivity contribution in [2.75, 3.05) is 4.90 Å². The Kier molecular flexibility index (Phi) is 2.21. The first-order valence-electron chi connectivity index (χ1n) is 5.96. The van der Waals surface area contributed by atoms with E-state index in [9.17, 15) is 4.79 Å². The lowest BCUT2D eigenvalue weighted by Crippen LogP contribution is -2.38. The maximum Gasteiger partial charge on any atom is 0.248 e. The van der Waals surface area contributed by atoms with Crippen molar-refractivity contribution in [1.82, 2.24) is 0 Å². The molecule has 1 fully saturated rings. The van der Waals surface area contributed by atoms with Crippen LogP contribution in [0.4, 0.5) is 5.69 Å². The summed E-state index contributed by atoms with van der Waals surface area (Å²) in [6.07, 6.45) is 4.69. The van der Waals surface area contributed by atoms with Gasteiger partial charge in [0.15, 0.2) is 0 Å². The smallest absolute Gasteiger partial charge is 0.248 e. The van der Waals surface area contributed by atoms with Crippen LogP contribution < -0.4 is 10.6 Å². The van der Waals surface area contributed by atoms with Gasteiger partial charge in [-0.15, -0.1) is 0 Å². The molecule has 84 valence electrons. The first kappa shape index (κ1) is 9.85. The van der Waals surface area contributed by atoms with Crippen molar-refractivity contribution in [3.05, 3.63) is 29.8 Å². The molecule has 3 heteroatoms. The van der Waals surface area contributed by atoms with Crippen LogP contribution in [0.2, 0.25) is 0 Å². The first-order valence-corrected chi connectivity index (χ1v) is 5.96. The van der Waals surface area contributed by atoms with Crippen LogP contribution in [0.15, 0.2) is 24.3 Å². The van der Waals surface area contributed by atoms with Crippen LogP contribution in [0.1, 0.15) is 37.3 Å². The quantitative estimate of drug-likeness (QED) is 0.780. The number of nitrogens with two attached hydrogens (primary N) is 1. The minimum atomic E-state index is -0.447. The van der Waals surface area contributed by atoms with E-state index in [1.165, 1.54) is 12.8 Å². The molecule has 0 aromatic heterocycles. The van der Waals surface area contributed by atoms with Crippen molar-refractivity contribution in [3.63, 3.8) is 0 Å². The lowest BCUT2D eigenvalue weighted by Gasteiger charge is -2.24. The maximum atomic E-state index is 12.2. The Bertz CT molecular complexity index is 424. The van der Waals surface area contributed by atoms with Gasteiger partial charge in [0.05, 0.1) is 0 Å². The first-order chi connectivity index (χ1) is 7.79. The van der Waals surface area contributed by atoms with Gasteiger partial charge in [-0.2, -0.15) is 0 Å². The van der Waals surface area contributed by atoms with E-state index in [-0.39, 0.29) is 5.91 Å². The number of hydrogen-bond acceptors (Lipinski definition) is 2. The van der Waals surface area contributed by atoms with E-state index in [4.69, 9.17) is 5.73 Å². The molecule has 2 N–H and O–H groups in total. The molecular formula is C13H16N2O. The van der Waals surface area contributed by atoms with Gasteiger partial charge in [-0.1, -0.05) is 31.0 Å². The summed E-state index contributed by atoms with van der Waals surface area (Å²) >= 11 is 0. The minimum Gasteiger partial charge on any atom is -0.316 e. The van der Waals surface area contributed by atoms with E-state index in [2.05, 4.69) is 0 Å². The fourth-order valence-corrected chi connectivity index (χ4v) is 2.91. The molecule has 1 aliphatic carbocycles. The molecule has 0 radical (unpaired) electrons. The topological polar surface area (TPSA) is 46.3 Å². The SMILES string of the molecule is N[C@H]1C(=O)N(C2CCCC2)c2ccccc21. The number of fused-ring (bicyclic) bond motifs is 1. The third-order valence-corrected chi connectivity index (χ3v) is 3.72. The summed E-state index contributed by atoms with van der Waals surface area (Å²) in [6, 6.07) is 7.83. The summed E-state index contributed by atoms with van der Waals surface area (Å²) in [6.45, 7) is 0. The van der Waals surface area contributed by atoms with Crippen molar-refractivity contribution in [2.24, 2.45) is 5.73 Å². The molecule has 0 saturated heterocycles. The summed E-state index contributed by atoms with van der Waals surface area (Å²) in [4.78, 5) is 14.1. The highest BCUT2D eigenvalue weighted by Crippen LogP contribution is 2.39. The molecule has 1 heterocycles.